The topological polar surface area (TPSA) is 82.2 Å². The minimum atomic E-state index is 0.593. The van der Waals surface area contributed by atoms with Gasteiger partial charge in [-0.15, -0.1) is 11.3 Å². The Kier molecular flexibility index (Phi) is 5.26. The molecule has 5 heterocycles. The predicted molar refractivity (Wildman–Crippen MR) is 128 cm³/mol. The van der Waals surface area contributed by atoms with Gasteiger partial charge >= 0.3 is 0 Å². The molecule has 2 saturated heterocycles. The number of thiophene rings is 1. The summed E-state index contributed by atoms with van der Waals surface area (Å²) in [7, 11) is 2.06. The molecular weight excluding hydrogens is 422 g/mol. The molecule has 9 heteroatoms. The van der Waals surface area contributed by atoms with Crippen molar-refractivity contribution in [1.29, 1.82) is 0 Å². The van der Waals surface area contributed by atoms with Gasteiger partial charge in [0.2, 0.25) is 0 Å². The second-order valence-corrected chi connectivity index (χ2v) is 9.68. The Morgan fingerprint density at radius 2 is 2.12 bits per heavy atom. The van der Waals surface area contributed by atoms with Crippen LogP contribution in [0.25, 0.3) is 32.5 Å². The number of H-pyrrole nitrogens is 1. The average Bonchev–Trinajstić information content (AvgIpc) is 3.58. The summed E-state index contributed by atoms with van der Waals surface area (Å²) in [5, 5.41) is 11.7. The van der Waals surface area contributed by atoms with Crippen LogP contribution in [-0.4, -0.2) is 77.5 Å². The Labute approximate surface area is 190 Å². The van der Waals surface area contributed by atoms with E-state index in [2.05, 4.69) is 44.5 Å². The van der Waals surface area contributed by atoms with Gasteiger partial charge in [0.25, 0.3) is 0 Å². The molecule has 2 N–H and O–H groups in total. The molecule has 0 spiro atoms. The molecule has 32 heavy (non-hydrogen) atoms. The van der Waals surface area contributed by atoms with E-state index in [-0.39, 0.29) is 0 Å². The summed E-state index contributed by atoms with van der Waals surface area (Å²) < 4.78 is 6.78. The van der Waals surface area contributed by atoms with Crippen LogP contribution in [0.5, 0.6) is 0 Å². The second-order valence-electron chi connectivity index (χ2n) is 8.54. The first-order valence-electron chi connectivity index (χ1n) is 11.2. The molecule has 3 aromatic heterocycles. The fraction of sp³-hybridized carbons (Fsp3) is 0.435. The second kappa shape index (κ2) is 8.40. The van der Waals surface area contributed by atoms with Crippen molar-refractivity contribution in [3.05, 3.63) is 35.3 Å². The van der Waals surface area contributed by atoms with Gasteiger partial charge in [-0.05, 0) is 25.6 Å². The molecule has 0 amide bonds. The van der Waals surface area contributed by atoms with Gasteiger partial charge in [-0.3, -0.25) is 10.00 Å². The van der Waals surface area contributed by atoms with E-state index in [1.807, 2.05) is 29.7 Å². The van der Waals surface area contributed by atoms with Crippen molar-refractivity contribution in [3.8, 4) is 11.4 Å². The van der Waals surface area contributed by atoms with E-state index < -0.39 is 0 Å². The van der Waals surface area contributed by atoms with Gasteiger partial charge in [0.05, 0.1) is 35.1 Å². The van der Waals surface area contributed by atoms with Crippen molar-refractivity contribution >= 4 is 38.3 Å². The quantitative estimate of drug-likeness (QED) is 0.485. The number of morpholine rings is 1. The highest BCUT2D eigenvalue weighted by molar-refractivity contribution is 7.19. The van der Waals surface area contributed by atoms with Gasteiger partial charge in [0.15, 0.2) is 11.6 Å². The zero-order chi connectivity index (χ0) is 21.5. The number of benzene rings is 1. The molecule has 2 aliphatic rings. The van der Waals surface area contributed by atoms with Gasteiger partial charge in [0, 0.05) is 54.6 Å². The standard InChI is InChI=1S/C23H27N7OS/c1-24-15-5-6-29(13-15)14-16-11-20-21(32-16)23(30-7-9-31-10-8-30)27-22(26-20)17-3-2-4-19-18(17)12-25-28-19/h2-4,11-12,15,24H,5-10,13-14H2,1H3,(H,25,28). The predicted octanol–water partition coefficient (Wildman–Crippen LogP) is 2.86. The molecule has 1 aromatic carbocycles. The van der Waals surface area contributed by atoms with Crippen LogP contribution >= 0.6 is 11.3 Å². The number of nitrogens with zero attached hydrogens (tertiary/aromatic N) is 5. The van der Waals surface area contributed by atoms with E-state index >= 15 is 0 Å². The molecule has 6 rings (SSSR count). The van der Waals surface area contributed by atoms with E-state index in [1.54, 1.807) is 0 Å². The van der Waals surface area contributed by atoms with Crippen LogP contribution in [0.4, 0.5) is 5.82 Å². The Balaban J connectivity index is 1.43. The van der Waals surface area contributed by atoms with E-state index in [0.717, 1.165) is 79.6 Å². The number of hydrogen-bond acceptors (Lipinski definition) is 8. The number of aromatic nitrogens is 4. The number of fused-ring (bicyclic) bond motifs is 2. The van der Waals surface area contributed by atoms with Crippen molar-refractivity contribution < 1.29 is 4.74 Å². The molecule has 0 bridgehead atoms. The van der Waals surface area contributed by atoms with Crippen molar-refractivity contribution in [3.63, 3.8) is 0 Å². The van der Waals surface area contributed by atoms with Gasteiger partial charge in [-0.2, -0.15) is 5.10 Å². The van der Waals surface area contributed by atoms with Gasteiger partial charge in [-0.25, -0.2) is 9.97 Å². The molecule has 166 valence electrons. The Morgan fingerprint density at radius 1 is 1.22 bits per heavy atom. The highest BCUT2D eigenvalue weighted by Crippen LogP contribution is 2.36. The number of hydrogen-bond donors (Lipinski definition) is 2. The molecule has 0 radical (unpaired) electrons. The van der Waals surface area contributed by atoms with Crippen LogP contribution in [-0.2, 0) is 11.3 Å². The maximum atomic E-state index is 5.60. The third-order valence-electron chi connectivity index (χ3n) is 6.50. The molecule has 0 aliphatic carbocycles. The molecule has 2 fully saturated rings. The van der Waals surface area contributed by atoms with Crippen LogP contribution in [0.2, 0.25) is 0 Å². The molecule has 4 aromatic rings. The molecule has 8 nitrogen and oxygen atoms in total. The fourth-order valence-electron chi connectivity index (χ4n) is 4.75. The smallest absolute Gasteiger partial charge is 0.162 e. The first-order chi connectivity index (χ1) is 15.8. The van der Waals surface area contributed by atoms with E-state index in [1.165, 1.54) is 16.0 Å². The maximum Gasteiger partial charge on any atom is 0.162 e. The number of nitrogens with one attached hydrogen (secondary N) is 2. The third-order valence-corrected chi connectivity index (χ3v) is 7.61. The lowest BCUT2D eigenvalue weighted by molar-refractivity contribution is 0.122. The summed E-state index contributed by atoms with van der Waals surface area (Å²) in [6.07, 6.45) is 3.07. The highest BCUT2D eigenvalue weighted by Gasteiger charge is 2.24. The van der Waals surface area contributed by atoms with Crippen molar-refractivity contribution in [2.45, 2.75) is 19.0 Å². The van der Waals surface area contributed by atoms with E-state index in [9.17, 15) is 0 Å². The van der Waals surface area contributed by atoms with Crippen LogP contribution < -0.4 is 10.2 Å². The van der Waals surface area contributed by atoms with E-state index in [0.29, 0.717) is 6.04 Å². The number of rotatable bonds is 5. The summed E-state index contributed by atoms with van der Waals surface area (Å²) in [4.78, 5) is 16.3. The van der Waals surface area contributed by atoms with Crippen molar-refractivity contribution in [2.75, 3.05) is 51.3 Å². The summed E-state index contributed by atoms with van der Waals surface area (Å²) in [5.74, 6) is 1.78. The van der Waals surface area contributed by atoms with Gasteiger partial charge in [0.1, 0.15) is 0 Å². The van der Waals surface area contributed by atoms with Crippen molar-refractivity contribution in [2.24, 2.45) is 0 Å². The third kappa shape index (κ3) is 3.65. The summed E-state index contributed by atoms with van der Waals surface area (Å²) in [6, 6.07) is 9.00. The monoisotopic (exact) mass is 449 g/mol. The van der Waals surface area contributed by atoms with Crippen LogP contribution in [0.15, 0.2) is 30.5 Å². The Morgan fingerprint density at radius 3 is 2.97 bits per heavy atom. The SMILES string of the molecule is CNC1CCN(Cc2cc3nc(-c4cccc5[nH]ncc45)nc(N4CCOCC4)c3s2)C1. The average molecular weight is 450 g/mol. The van der Waals surface area contributed by atoms with Crippen LogP contribution in [0.3, 0.4) is 0 Å². The molecule has 2 aliphatic heterocycles. The Bertz CT molecular complexity index is 1250. The highest BCUT2D eigenvalue weighted by atomic mass is 32.1. The lowest BCUT2D eigenvalue weighted by Gasteiger charge is -2.28. The lowest BCUT2D eigenvalue weighted by atomic mass is 10.1. The summed E-state index contributed by atoms with van der Waals surface area (Å²) in [6.45, 7) is 6.37. The normalized spacial score (nSPS) is 20.0. The molecule has 1 atom stereocenters. The van der Waals surface area contributed by atoms with E-state index in [4.69, 9.17) is 14.7 Å². The first-order valence-corrected chi connectivity index (χ1v) is 12.1. The molecule has 0 saturated carbocycles. The zero-order valence-electron chi connectivity index (χ0n) is 18.2. The minimum absolute atomic E-state index is 0.593. The maximum absolute atomic E-state index is 5.60. The van der Waals surface area contributed by atoms with Gasteiger partial charge < -0.3 is 15.0 Å². The summed E-state index contributed by atoms with van der Waals surface area (Å²) >= 11 is 1.83. The number of anilines is 1. The first kappa shape index (κ1) is 20.0. The largest absolute Gasteiger partial charge is 0.378 e. The number of likely N-dealkylation sites (tertiary alicyclic amines) is 1. The van der Waals surface area contributed by atoms with Crippen LogP contribution in [0.1, 0.15) is 11.3 Å². The number of likely N-dealkylation sites (N-methyl/N-ethyl adjacent to an activating group) is 1. The molecule has 1 unspecified atom stereocenters. The van der Waals surface area contributed by atoms with Crippen molar-refractivity contribution in [1.82, 2.24) is 30.4 Å². The summed E-state index contributed by atoms with van der Waals surface area (Å²) in [5.41, 5.74) is 3.04. The Hall–Kier alpha value is -2.59. The fourth-order valence-corrected chi connectivity index (χ4v) is 5.90. The van der Waals surface area contributed by atoms with Crippen LogP contribution in [0, 0.1) is 0 Å². The minimum Gasteiger partial charge on any atom is -0.378 e. The lowest BCUT2D eigenvalue weighted by Crippen LogP contribution is -2.36. The van der Waals surface area contributed by atoms with Gasteiger partial charge in [-0.1, -0.05) is 12.1 Å². The number of aromatic amines is 1. The molecular formula is C23H27N7OS. The number of ether oxygens (including phenoxy) is 1. The zero-order valence-corrected chi connectivity index (χ0v) is 19.0.